The number of rotatable bonds is 5. The maximum Gasteiger partial charge on any atom is 0.213 e. The Morgan fingerprint density at radius 1 is 1.15 bits per heavy atom. The van der Waals surface area contributed by atoms with Crippen LogP contribution in [0.2, 0.25) is 0 Å². The standard InChI is InChI=1S/C15H17FN2O2/c1-10(11-4-6-14(19-2)13(16)8-11)18-12-5-7-15(20-3)17-9-12/h4-10,18H,1-3H3. The first-order valence-corrected chi connectivity index (χ1v) is 6.24. The molecule has 0 bridgehead atoms. The van der Waals surface area contributed by atoms with Gasteiger partial charge in [0.1, 0.15) is 0 Å². The molecule has 1 N–H and O–H groups in total. The van der Waals surface area contributed by atoms with Crippen LogP contribution in [0.25, 0.3) is 0 Å². The molecular weight excluding hydrogens is 259 g/mol. The van der Waals surface area contributed by atoms with Crippen LogP contribution in [0.3, 0.4) is 0 Å². The Hall–Kier alpha value is -2.30. The van der Waals surface area contributed by atoms with E-state index in [1.54, 1.807) is 25.4 Å². The molecule has 0 saturated carbocycles. The number of benzene rings is 1. The highest BCUT2D eigenvalue weighted by Crippen LogP contribution is 2.24. The number of nitrogens with one attached hydrogen (secondary N) is 1. The molecule has 0 aliphatic rings. The molecule has 2 rings (SSSR count). The summed E-state index contributed by atoms with van der Waals surface area (Å²) in [5, 5.41) is 3.25. The van der Waals surface area contributed by atoms with Crippen molar-refractivity contribution in [2.45, 2.75) is 13.0 Å². The molecule has 20 heavy (non-hydrogen) atoms. The van der Waals surface area contributed by atoms with Gasteiger partial charge >= 0.3 is 0 Å². The Morgan fingerprint density at radius 3 is 2.50 bits per heavy atom. The molecular formula is C15H17FN2O2. The lowest BCUT2D eigenvalue weighted by Gasteiger charge is -2.16. The predicted octanol–water partition coefficient (Wildman–Crippen LogP) is 3.41. The second kappa shape index (κ2) is 6.23. The molecule has 2 aromatic rings. The highest BCUT2D eigenvalue weighted by molar-refractivity contribution is 5.45. The summed E-state index contributed by atoms with van der Waals surface area (Å²) in [7, 11) is 3.01. The zero-order chi connectivity index (χ0) is 14.5. The Kier molecular flexibility index (Phi) is 4.40. The molecule has 0 saturated heterocycles. The first-order valence-electron chi connectivity index (χ1n) is 6.24. The molecule has 0 fully saturated rings. The van der Waals surface area contributed by atoms with E-state index in [1.165, 1.54) is 13.2 Å². The fourth-order valence-corrected chi connectivity index (χ4v) is 1.87. The number of ether oxygens (including phenoxy) is 2. The van der Waals surface area contributed by atoms with Gasteiger partial charge in [-0.15, -0.1) is 0 Å². The van der Waals surface area contributed by atoms with Crippen LogP contribution in [-0.2, 0) is 0 Å². The summed E-state index contributed by atoms with van der Waals surface area (Å²) in [6.07, 6.45) is 1.68. The number of halogens is 1. The molecule has 4 nitrogen and oxygen atoms in total. The Balaban J connectivity index is 2.10. The van der Waals surface area contributed by atoms with E-state index in [2.05, 4.69) is 10.3 Å². The Morgan fingerprint density at radius 2 is 1.95 bits per heavy atom. The second-order valence-electron chi connectivity index (χ2n) is 4.35. The average molecular weight is 276 g/mol. The summed E-state index contributed by atoms with van der Waals surface area (Å²) in [5.74, 6) is 0.428. The molecule has 0 radical (unpaired) electrons. The number of anilines is 1. The number of hydrogen-bond acceptors (Lipinski definition) is 4. The van der Waals surface area contributed by atoms with Gasteiger partial charge in [0.15, 0.2) is 11.6 Å². The van der Waals surface area contributed by atoms with Gasteiger partial charge < -0.3 is 14.8 Å². The monoisotopic (exact) mass is 276 g/mol. The number of nitrogens with zero attached hydrogens (tertiary/aromatic N) is 1. The Labute approximate surface area is 117 Å². The average Bonchev–Trinajstić information content (AvgIpc) is 2.48. The zero-order valence-corrected chi connectivity index (χ0v) is 11.7. The van der Waals surface area contributed by atoms with E-state index in [0.717, 1.165) is 11.3 Å². The highest BCUT2D eigenvalue weighted by atomic mass is 19.1. The summed E-state index contributed by atoms with van der Waals surface area (Å²) in [5.41, 5.74) is 1.67. The van der Waals surface area contributed by atoms with Crippen LogP contribution in [0.4, 0.5) is 10.1 Å². The fraction of sp³-hybridized carbons (Fsp3) is 0.267. The quantitative estimate of drug-likeness (QED) is 0.908. The molecule has 5 heteroatoms. The molecule has 106 valence electrons. The van der Waals surface area contributed by atoms with E-state index in [1.807, 2.05) is 19.1 Å². The van der Waals surface area contributed by atoms with Crippen LogP contribution in [0.5, 0.6) is 11.6 Å². The zero-order valence-electron chi connectivity index (χ0n) is 11.7. The topological polar surface area (TPSA) is 43.4 Å². The first kappa shape index (κ1) is 14.1. The van der Waals surface area contributed by atoms with Gasteiger partial charge in [0.05, 0.1) is 26.1 Å². The molecule has 1 aromatic heterocycles. The third-order valence-corrected chi connectivity index (χ3v) is 3.00. The minimum Gasteiger partial charge on any atom is -0.494 e. The lowest BCUT2D eigenvalue weighted by atomic mass is 10.1. The van der Waals surface area contributed by atoms with Crippen LogP contribution in [0.1, 0.15) is 18.5 Å². The maximum absolute atomic E-state index is 13.7. The van der Waals surface area contributed by atoms with Gasteiger partial charge in [0, 0.05) is 12.1 Å². The van der Waals surface area contributed by atoms with Crippen molar-refractivity contribution in [1.82, 2.24) is 4.98 Å². The van der Waals surface area contributed by atoms with Gasteiger partial charge in [-0.1, -0.05) is 6.07 Å². The van der Waals surface area contributed by atoms with Gasteiger partial charge in [0.2, 0.25) is 5.88 Å². The summed E-state index contributed by atoms with van der Waals surface area (Å²) >= 11 is 0. The van der Waals surface area contributed by atoms with Crippen molar-refractivity contribution in [3.63, 3.8) is 0 Å². The van der Waals surface area contributed by atoms with E-state index in [0.29, 0.717) is 5.88 Å². The van der Waals surface area contributed by atoms with Crippen molar-refractivity contribution >= 4 is 5.69 Å². The summed E-state index contributed by atoms with van der Waals surface area (Å²) < 4.78 is 23.6. The van der Waals surface area contributed by atoms with Crippen molar-refractivity contribution in [2.75, 3.05) is 19.5 Å². The lowest BCUT2D eigenvalue weighted by Crippen LogP contribution is -2.07. The van der Waals surface area contributed by atoms with Crippen molar-refractivity contribution in [2.24, 2.45) is 0 Å². The van der Waals surface area contributed by atoms with Crippen LogP contribution < -0.4 is 14.8 Å². The number of hydrogen-bond donors (Lipinski definition) is 1. The summed E-state index contributed by atoms with van der Waals surface area (Å²) in [6.45, 7) is 1.95. The van der Waals surface area contributed by atoms with Gasteiger partial charge in [0.25, 0.3) is 0 Å². The minimum absolute atomic E-state index is 0.0504. The van der Waals surface area contributed by atoms with E-state index >= 15 is 0 Å². The molecule has 0 spiro atoms. The second-order valence-corrected chi connectivity index (χ2v) is 4.35. The molecule has 0 aliphatic heterocycles. The summed E-state index contributed by atoms with van der Waals surface area (Å²) in [4.78, 5) is 4.11. The number of pyridine rings is 1. The molecule has 1 unspecified atom stereocenters. The highest BCUT2D eigenvalue weighted by Gasteiger charge is 2.09. The third-order valence-electron chi connectivity index (χ3n) is 3.00. The predicted molar refractivity (Wildman–Crippen MR) is 75.8 cm³/mol. The molecule has 1 aromatic carbocycles. The summed E-state index contributed by atoms with van der Waals surface area (Å²) in [6, 6.07) is 8.50. The number of aromatic nitrogens is 1. The smallest absolute Gasteiger partial charge is 0.213 e. The van der Waals surface area contributed by atoms with Crippen LogP contribution >= 0.6 is 0 Å². The largest absolute Gasteiger partial charge is 0.494 e. The minimum atomic E-state index is -0.369. The van der Waals surface area contributed by atoms with Gasteiger partial charge in [-0.2, -0.15) is 0 Å². The van der Waals surface area contributed by atoms with E-state index in [9.17, 15) is 4.39 Å². The number of methoxy groups -OCH3 is 2. The molecule has 1 heterocycles. The van der Waals surface area contributed by atoms with Crippen molar-refractivity contribution in [3.05, 3.63) is 47.9 Å². The normalized spacial score (nSPS) is 11.8. The van der Waals surface area contributed by atoms with Crippen LogP contribution in [-0.4, -0.2) is 19.2 Å². The first-order chi connectivity index (χ1) is 9.63. The van der Waals surface area contributed by atoms with E-state index < -0.39 is 0 Å². The Bertz CT molecular complexity index is 573. The third kappa shape index (κ3) is 3.17. The molecule has 1 atom stereocenters. The van der Waals surface area contributed by atoms with Gasteiger partial charge in [-0.3, -0.25) is 0 Å². The van der Waals surface area contributed by atoms with Crippen molar-refractivity contribution in [3.8, 4) is 11.6 Å². The van der Waals surface area contributed by atoms with Gasteiger partial charge in [-0.05, 0) is 30.7 Å². The molecule has 0 amide bonds. The fourth-order valence-electron chi connectivity index (χ4n) is 1.87. The van der Waals surface area contributed by atoms with E-state index in [4.69, 9.17) is 9.47 Å². The van der Waals surface area contributed by atoms with Crippen LogP contribution in [0.15, 0.2) is 36.5 Å². The van der Waals surface area contributed by atoms with Gasteiger partial charge in [-0.25, -0.2) is 9.37 Å². The maximum atomic E-state index is 13.7. The van der Waals surface area contributed by atoms with Crippen molar-refractivity contribution in [1.29, 1.82) is 0 Å². The van der Waals surface area contributed by atoms with E-state index in [-0.39, 0.29) is 17.6 Å². The van der Waals surface area contributed by atoms with Crippen LogP contribution in [0, 0.1) is 5.82 Å². The lowest BCUT2D eigenvalue weighted by molar-refractivity contribution is 0.386. The SMILES string of the molecule is COc1ccc(NC(C)c2ccc(OC)c(F)c2)cn1. The van der Waals surface area contributed by atoms with Crippen molar-refractivity contribution < 1.29 is 13.9 Å². The molecule has 0 aliphatic carbocycles.